The molecule has 1 saturated heterocycles. The molecular formula is C23H21ClN4O2. The van der Waals surface area contributed by atoms with Crippen LogP contribution >= 0.6 is 11.6 Å². The number of benzene rings is 1. The van der Waals surface area contributed by atoms with Crippen LogP contribution in [-0.4, -0.2) is 51.3 Å². The first-order chi connectivity index (χ1) is 14.7. The Morgan fingerprint density at radius 3 is 2.53 bits per heavy atom. The smallest absolute Gasteiger partial charge is 0.289 e. The minimum atomic E-state index is -0.0451. The zero-order chi connectivity index (χ0) is 20.5. The molecule has 1 aliphatic rings. The molecule has 4 heterocycles. The zero-order valence-electron chi connectivity index (χ0n) is 16.4. The number of piperazine rings is 1. The molecule has 0 atom stereocenters. The van der Waals surface area contributed by atoms with Crippen LogP contribution in [0.15, 0.2) is 71.5 Å². The average Bonchev–Trinajstić information content (AvgIpc) is 3.43. The Morgan fingerprint density at radius 2 is 1.80 bits per heavy atom. The van der Waals surface area contributed by atoms with Gasteiger partial charge < -0.3 is 13.7 Å². The molecule has 4 aromatic rings. The van der Waals surface area contributed by atoms with Crippen molar-refractivity contribution in [2.45, 2.75) is 6.54 Å². The molecule has 1 aromatic carbocycles. The number of halogens is 1. The van der Waals surface area contributed by atoms with Crippen LogP contribution in [0, 0.1) is 0 Å². The highest BCUT2D eigenvalue weighted by Gasteiger charge is 2.25. The second-order valence-electron chi connectivity index (χ2n) is 7.39. The molecule has 0 unspecified atom stereocenters. The number of hydrogen-bond acceptors (Lipinski definition) is 4. The zero-order valence-corrected chi connectivity index (χ0v) is 17.1. The number of amides is 1. The summed E-state index contributed by atoms with van der Waals surface area (Å²) in [5, 5.41) is 0.710. The Labute approximate surface area is 179 Å². The number of rotatable bonds is 4. The van der Waals surface area contributed by atoms with E-state index in [9.17, 15) is 4.79 Å². The molecule has 0 spiro atoms. The van der Waals surface area contributed by atoms with Gasteiger partial charge in [-0.15, -0.1) is 0 Å². The second-order valence-corrected chi connectivity index (χ2v) is 7.82. The van der Waals surface area contributed by atoms with Gasteiger partial charge in [0.2, 0.25) is 0 Å². The highest BCUT2D eigenvalue weighted by molar-refractivity contribution is 6.30. The molecule has 0 N–H and O–H groups in total. The van der Waals surface area contributed by atoms with Crippen LogP contribution in [0.2, 0.25) is 5.02 Å². The van der Waals surface area contributed by atoms with E-state index in [1.165, 1.54) is 6.26 Å². The van der Waals surface area contributed by atoms with Crippen molar-refractivity contribution in [3.8, 4) is 11.3 Å². The summed E-state index contributed by atoms with van der Waals surface area (Å²) in [5.41, 5.74) is 4.07. The van der Waals surface area contributed by atoms with Crippen LogP contribution in [0.1, 0.15) is 16.2 Å². The van der Waals surface area contributed by atoms with E-state index in [1.54, 1.807) is 12.1 Å². The molecule has 7 heteroatoms. The van der Waals surface area contributed by atoms with Gasteiger partial charge in [0, 0.05) is 49.5 Å². The fourth-order valence-corrected chi connectivity index (χ4v) is 4.04. The third-order valence-corrected chi connectivity index (χ3v) is 5.76. The number of carbonyl (C=O) groups excluding carboxylic acids is 1. The molecule has 152 valence electrons. The van der Waals surface area contributed by atoms with Gasteiger partial charge in [-0.2, -0.15) is 0 Å². The minimum absolute atomic E-state index is 0.0451. The van der Waals surface area contributed by atoms with Gasteiger partial charge in [0.25, 0.3) is 5.91 Å². The molecule has 1 fully saturated rings. The van der Waals surface area contributed by atoms with E-state index in [-0.39, 0.29) is 5.91 Å². The molecule has 6 nitrogen and oxygen atoms in total. The quantitative estimate of drug-likeness (QED) is 0.496. The van der Waals surface area contributed by atoms with Gasteiger partial charge in [-0.1, -0.05) is 29.8 Å². The molecule has 0 saturated carbocycles. The molecule has 5 rings (SSSR count). The Balaban J connectivity index is 1.37. The molecule has 0 aliphatic carbocycles. The maximum atomic E-state index is 12.5. The van der Waals surface area contributed by atoms with E-state index in [0.29, 0.717) is 23.9 Å². The Hall–Kier alpha value is -3.09. The largest absolute Gasteiger partial charge is 0.459 e. The molecule has 3 aromatic heterocycles. The molecule has 1 aliphatic heterocycles. The lowest BCUT2D eigenvalue weighted by molar-refractivity contribution is 0.0596. The number of nitrogens with zero attached hydrogens (tertiary/aromatic N) is 4. The summed E-state index contributed by atoms with van der Waals surface area (Å²) in [6.07, 6.45) is 3.58. The first-order valence-corrected chi connectivity index (χ1v) is 10.3. The standard InChI is InChI=1S/C23H21ClN4O2/c24-18-8-6-17(7-9-18)22-19(28-10-2-1-5-21(28)25-22)16-26-11-13-27(14-12-26)23(29)20-4-3-15-30-20/h1-10,15H,11-14,16H2. The van der Waals surface area contributed by atoms with Gasteiger partial charge in [0.15, 0.2) is 5.76 Å². The van der Waals surface area contributed by atoms with E-state index in [4.69, 9.17) is 21.0 Å². The van der Waals surface area contributed by atoms with Crippen molar-refractivity contribution in [2.75, 3.05) is 26.2 Å². The van der Waals surface area contributed by atoms with E-state index >= 15 is 0 Å². The second kappa shape index (κ2) is 7.97. The first-order valence-electron chi connectivity index (χ1n) is 9.96. The lowest BCUT2D eigenvalue weighted by atomic mass is 10.1. The van der Waals surface area contributed by atoms with E-state index in [0.717, 1.165) is 42.2 Å². The number of fused-ring (bicyclic) bond motifs is 1. The first kappa shape index (κ1) is 18.9. The van der Waals surface area contributed by atoms with E-state index in [2.05, 4.69) is 9.30 Å². The summed E-state index contributed by atoms with van der Waals surface area (Å²) >= 11 is 6.08. The van der Waals surface area contributed by atoms with Gasteiger partial charge >= 0.3 is 0 Å². The van der Waals surface area contributed by atoms with Gasteiger partial charge in [-0.25, -0.2) is 4.98 Å². The number of carbonyl (C=O) groups is 1. The highest BCUT2D eigenvalue weighted by Crippen LogP contribution is 2.27. The van der Waals surface area contributed by atoms with Crippen molar-refractivity contribution < 1.29 is 9.21 Å². The van der Waals surface area contributed by atoms with E-state index in [1.807, 2.05) is 53.6 Å². The molecule has 1 amide bonds. The minimum Gasteiger partial charge on any atom is -0.459 e. The van der Waals surface area contributed by atoms with Crippen LogP contribution in [0.3, 0.4) is 0 Å². The molecule has 0 bridgehead atoms. The lowest BCUT2D eigenvalue weighted by Gasteiger charge is -2.34. The van der Waals surface area contributed by atoms with Crippen molar-refractivity contribution in [2.24, 2.45) is 0 Å². The number of imidazole rings is 1. The van der Waals surface area contributed by atoms with Crippen LogP contribution in [0.4, 0.5) is 0 Å². The van der Waals surface area contributed by atoms with Gasteiger partial charge in [0.05, 0.1) is 17.7 Å². The third-order valence-electron chi connectivity index (χ3n) is 5.51. The molecular weight excluding hydrogens is 400 g/mol. The highest BCUT2D eigenvalue weighted by atomic mass is 35.5. The van der Waals surface area contributed by atoms with Gasteiger partial charge in [0.1, 0.15) is 5.65 Å². The Kier molecular flexibility index (Phi) is 5.02. The maximum Gasteiger partial charge on any atom is 0.289 e. The number of furan rings is 1. The maximum absolute atomic E-state index is 12.5. The Morgan fingerprint density at radius 1 is 1.00 bits per heavy atom. The monoisotopic (exact) mass is 420 g/mol. The van der Waals surface area contributed by atoms with Crippen molar-refractivity contribution in [3.05, 3.63) is 83.5 Å². The fourth-order valence-electron chi connectivity index (χ4n) is 3.91. The summed E-state index contributed by atoms with van der Waals surface area (Å²) in [6, 6.07) is 17.3. The van der Waals surface area contributed by atoms with Gasteiger partial charge in [-0.3, -0.25) is 9.69 Å². The van der Waals surface area contributed by atoms with Gasteiger partial charge in [-0.05, 0) is 36.4 Å². The number of pyridine rings is 1. The predicted molar refractivity (Wildman–Crippen MR) is 116 cm³/mol. The van der Waals surface area contributed by atoms with Crippen molar-refractivity contribution in [1.82, 2.24) is 19.2 Å². The normalized spacial score (nSPS) is 15.0. The summed E-state index contributed by atoms with van der Waals surface area (Å²) in [5.74, 6) is 0.353. The third kappa shape index (κ3) is 3.60. The summed E-state index contributed by atoms with van der Waals surface area (Å²) < 4.78 is 7.40. The van der Waals surface area contributed by atoms with Crippen LogP contribution in [0.25, 0.3) is 16.9 Å². The fraction of sp³-hybridized carbons (Fsp3) is 0.217. The summed E-state index contributed by atoms with van der Waals surface area (Å²) in [4.78, 5) is 21.6. The van der Waals surface area contributed by atoms with Crippen molar-refractivity contribution >= 4 is 23.2 Å². The lowest BCUT2D eigenvalue weighted by Crippen LogP contribution is -2.48. The number of hydrogen-bond donors (Lipinski definition) is 0. The average molecular weight is 421 g/mol. The molecule has 0 radical (unpaired) electrons. The summed E-state index contributed by atoms with van der Waals surface area (Å²) in [7, 11) is 0. The van der Waals surface area contributed by atoms with E-state index < -0.39 is 0 Å². The topological polar surface area (TPSA) is 54.0 Å². The Bertz CT molecular complexity index is 1160. The van der Waals surface area contributed by atoms with Crippen LogP contribution in [-0.2, 0) is 6.54 Å². The van der Waals surface area contributed by atoms with Crippen LogP contribution in [0.5, 0.6) is 0 Å². The van der Waals surface area contributed by atoms with Crippen LogP contribution < -0.4 is 0 Å². The van der Waals surface area contributed by atoms with Crippen molar-refractivity contribution in [1.29, 1.82) is 0 Å². The predicted octanol–water partition coefficient (Wildman–Crippen LogP) is 4.21. The molecule has 30 heavy (non-hydrogen) atoms. The SMILES string of the molecule is O=C(c1ccco1)N1CCN(Cc2c(-c3ccc(Cl)cc3)nc3ccccn23)CC1. The summed E-state index contributed by atoms with van der Waals surface area (Å²) in [6.45, 7) is 3.70. The van der Waals surface area contributed by atoms with Crippen molar-refractivity contribution in [3.63, 3.8) is 0 Å². The number of aromatic nitrogens is 2.